The molecule has 0 spiro atoms. The molecule has 0 saturated heterocycles. The van der Waals surface area contributed by atoms with Crippen LogP contribution in [0.4, 0.5) is 0 Å². The van der Waals surface area contributed by atoms with E-state index in [1.54, 1.807) is 11.1 Å². The number of nitrogens with one attached hydrogen (secondary N) is 1. The van der Waals surface area contributed by atoms with Crippen molar-refractivity contribution in [2.45, 2.75) is 103 Å². The Morgan fingerprint density at radius 1 is 0.957 bits per heavy atom. The van der Waals surface area contributed by atoms with Crippen molar-refractivity contribution in [1.82, 2.24) is 5.32 Å². The van der Waals surface area contributed by atoms with Crippen molar-refractivity contribution in [2.75, 3.05) is 13.1 Å². The van der Waals surface area contributed by atoms with Gasteiger partial charge in [-0.05, 0) is 116 Å². The van der Waals surface area contributed by atoms with Crippen molar-refractivity contribution in [3.63, 3.8) is 0 Å². The fourth-order valence-electron chi connectivity index (χ4n) is 7.85. The Morgan fingerprint density at radius 2 is 1.68 bits per heavy atom. The van der Waals surface area contributed by atoms with Crippen LogP contribution in [0.3, 0.4) is 0 Å². The molecule has 47 heavy (non-hydrogen) atoms. The van der Waals surface area contributed by atoms with Gasteiger partial charge in [0.2, 0.25) is 0 Å². The molecule has 3 heteroatoms. The number of thioether (sulfide) groups is 1. The van der Waals surface area contributed by atoms with Gasteiger partial charge < -0.3 is 5.32 Å². The zero-order valence-corrected chi connectivity index (χ0v) is 30.9. The van der Waals surface area contributed by atoms with Gasteiger partial charge in [-0.15, -0.1) is 18.3 Å². The molecule has 5 rings (SSSR count). The monoisotopic (exact) mass is 661 g/mol. The van der Waals surface area contributed by atoms with Crippen molar-refractivity contribution in [3.05, 3.63) is 131 Å². The molecule has 0 amide bonds. The quantitative estimate of drug-likeness (QED) is 0.0993. The van der Waals surface area contributed by atoms with Crippen molar-refractivity contribution in [1.29, 1.82) is 0 Å². The van der Waals surface area contributed by atoms with E-state index in [2.05, 4.69) is 119 Å². The van der Waals surface area contributed by atoms with Crippen LogP contribution in [0.1, 0.15) is 120 Å². The normalized spacial score (nSPS) is 20.2. The molecule has 3 aliphatic carbocycles. The average Bonchev–Trinajstić information content (AvgIpc) is 3.66. The highest BCUT2D eigenvalue weighted by atomic mass is 32.2. The van der Waals surface area contributed by atoms with E-state index >= 15 is 0 Å². The summed E-state index contributed by atoms with van der Waals surface area (Å²) >= 11 is 8.24. The second-order valence-corrected chi connectivity index (χ2v) is 16.4. The third-order valence-electron chi connectivity index (χ3n) is 10.5. The minimum atomic E-state index is 0.154. The fourth-order valence-corrected chi connectivity index (χ4v) is 9.81. The Kier molecular flexibility index (Phi) is 12.6. The van der Waals surface area contributed by atoms with Gasteiger partial charge in [0.25, 0.3) is 0 Å². The van der Waals surface area contributed by atoms with Crippen LogP contribution in [0, 0.1) is 5.92 Å². The van der Waals surface area contributed by atoms with Crippen LogP contribution >= 0.6 is 24.0 Å². The highest BCUT2D eigenvalue weighted by molar-refractivity contribution is 8.24. The second kappa shape index (κ2) is 16.6. The number of hydrogen-bond acceptors (Lipinski definition) is 3. The lowest BCUT2D eigenvalue weighted by Crippen LogP contribution is -2.36. The number of fused-ring (bicyclic) bond motifs is 1. The Labute approximate surface area is 295 Å². The Hall–Kier alpha value is -2.72. The molecule has 0 aliphatic heterocycles. The second-order valence-electron chi connectivity index (χ2n) is 14.3. The van der Waals surface area contributed by atoms with Crippen LogP contribution in [0.15, 0.2) is 108 Å². The lowest BCUT2D eigenvalue weighted by molar-refractivity contribution is 0.430. The van der Waals surface area contributed by atoms with Crippen molar-refractivity contribution < 1.29 is 0 Å². The highest BCUT2D eigenvalue weighted by Gasteiger charge is 2.38. The molecule has 1 unspecified atom stereocenters. The summed E-state index contributed by atoms with van der Waals surface area (Å²) in [6.45, 7) is 18.8. The van der Waals surface area contributed by atoms with E-state index in [9.17, 15) is 0 Å². The summed E-state index contributed by atoms with van der Waals surface area (Å²) in [5.74, 6) is 0.969. The molecule has 1 nitrogen and oxygen atoms in total. The molecule has 0 heterocycles. The SMILES string of the molecule is C=C(C)CC1C(c2ccccc2)=C(C2CCCCC2)c2ccc(C(=S)SC3(CNC\C=C/C(=C\C)/C=C(\C)C(=C)C)CCCC3)cc21. The fraction of sp³-hybridized carbons (Fsp3) is 0.432. The maximum Gasteiger partial charge on any atom is 0.0784 e. The minimum Gasteiger partial charge on any atom is -0.312 e. The molecule has 0 radical (unpaired) electrons. The molecule has 2 saturated carbocycles. The Morgan fingerprint density at radius 3 is 2.34 bits per heavy atom. The minimum absolute atomic E-state index is 0.154. The highest BCUT2D eigenvalue weighted by Crippen LogP contribution is 2.55. The lowest BCUT2D eigenvalue weighted by Gasteiger charge is -2.29. The van der Waals surface area contributed by atoms with Gasteiger partial charge in [-0.3, -0.25) is 0 Å². The summed E-state index contributed by atoms with van der Waals surface area (Å²) in [4.78, 5) is 0. The Balaban J connectivity index is 1.35. The summed E-state index contributed by atoms with van der Waals surface area (Å²) in [5.41, 5.74) is 13.5. The first-order valence-electron chi connectivity index (χ1n) is 17.9. The van der Waals surface area contributed by atoms with Crippen LogP contribution in [0.5, 0.6) is 0 Å². The van der Waals surface area contributed by atoms with Gasteiger partial charge in [0.1, 0.15) is 0 Å². The zero-order valence-electron chi connectivity index (χ0n) is 29.3. The molecule has 0 aromatic heterocycles. The summed E-state index contributed by atoms with van der Waals surface area (Å²) in [7, 11) is 0. The van der Waals surface area contributed by atoms with E-state index in [4.69, 9.17) is 12.2 Å². The first kappa shape index (κ1) is 35.6. The molecule has 2 aromatic carbocycles. The third kappa shape index (κ3) is 8.85. The number of benzene rings is 2. The van der Waals surface area contributed by atoms with Gasteiger partial charge in [-0.1, -0.05) is 129 Å². The molecule has 2 aromatic rings. The predicted molar refractivity (Wildman–Crippen MR) is 213 cm³/mol. The van der Waals surface area contributed by atoms with Gasteiger partial charge in [-0.2, -0.15) is 0 Å². The Bertz CT molecular complexity index is 1570. The van der Waals surface area contributed by atoms with Crippen molar-refractivity contribution in [3.8, 4) is 0 Å². The summed E-state index contributed by atoms with van der Waals surface area (Å²) < 4.78 is 1.20. The van der Waals surface area contributed by atoms with Crippen LogP contribution in [-0.2, 0) is 0 Å². The van der Waals surface area contributed by atoms with Gasteiger partial charge >= 0.3 is 0 Å². The maximum atomic E-state index is 6.29. The largest absolute Gasteiger partial charge is 0.312 e. The summed E-state index contributed by atoms with van der Waals surface area (Å²) in [6, 6.07) is 18.4. The zero-order chi connectivity index (χ0) is 33.4. The topological polar surface area (TPSA) is 12.0 Å². The molecule has 1 atom stereocenters. The number of allylic oxidation sites excluding steroid dienone is 9. The standard InChI is InChI=1S/C44H55NS2/c1-7-34(28-33(6)32(4)5)17-16-26-45-30-44(24-14-15-25-44)47-43(46)37-22-23-38-39(29-37)40(27-31(2)3)42(36-20-12-9-13-21-36)41(38)35-18-10-8-11-19-35/h7,9,12-13,16-17,20-23,28-29,35,40,45H,2,4,8,10-11,14-15,18-19,24-27,30H2,1,3,5-6H3/b17-16-,33-28+,34-7+. The van der Waals surface area contributed by atoms with E-state index in [-0.39, 0.29) is 4.75 Å². The van der Waals surface area contributed by atoms with Crippen LogP contribution < -0.4 is 5.32 Å². The number of hydrogen-bond donors (Lipinski definition) is 1. The van der Waals surface area contributed by atoms with Gasteiger partial charge in [-0.25, -0.2) is 0 Å². The smallest absolute Gasteiger partial charge is 0.0784 e. The molecular formula is C44H55NS2. The molecule has 0 bridgehead atoms. The number of thiocarbonyl (C=S) groups is 1. The van der Waals surface area contributed by atoms with Crippen LogP contribution in [0.2, 0.25) is 0 Å². The van der Waals surface area contributed by atoms with E-state index < -0.39 is 0 Å². The third-order valence-corrected chi connectivity index (χ3v) is 12.4. The maximum absolute atomic E-state index is 6.29. The van der Waals surface area contributed by atoms with Crippen molar-refractivity contribution >= 4 is 39.3 Å². The molecule has 2 fully saturated rings. The van der Waals surface area contributed by atoms with Gasteiger partial charge in [0, 0.05) is 23.8 Å². The van der Waals surface area contributed by atoms with Gasteiger partial charge in [0.15, 0.2) is 0 Å². The molecule has 248 valence electrons. The van der Waals surface area contributed by atoms with E-state index in [0.29, 0.717) is 11.8 Å². The van der Waals surface area contributed by atoms with E-state index in [1.165, 1.54) is 96.8 Å². The van der Waals surface area contributed by atoms with E-state index in [0.717, 1.165) is 29.3 Å². The predicted octanol–water partition coefficient (Wildman–Crippen LogP) is 12.6. The van der Waals surface area contributed by atoms with E-state index in [1.807, 2.05) is 11.8 Å². The summed E-state index contributed by atoms with van der Waals surface area (Å²) in [5, 5.41) is 3.77. The lowest BCUT2D eigenvalue weighted by atomic mass is 9.79. The number of rotatable bonds is 13. The average molecular weight is 662 g/mol. The van der Waals surface area contributed by atoms with Crippen LogP contribution in [0.25, 0.3) is 11.1 Å². The summed E-state index contributed by atoms with van der Waals surface area (Å²) in [6.07, 6.45) is 21.4. The van der Waals surface area contributed by atoms with Crippen molar-refractivity contribution in [2.24, 2.45) is 5.92 Å². The first-order valence-corrected chi connectivity index (χ1v) is 19.1. The van der Waals surface area contributed by atoms with Crippen LogP contribution in [-0.4, -0.2) is 22.0 Å². The first-order chi connectivity index (χ1) is 22.7. The molecule has 3 aliphatic rings. The van der Waals surface area contributed by atoms with Gasteiger partial charge in [0.05, 0.1) is 4.20 Å². The molecule has 1 N–H and O–H groups in total. The molecular weight excluding hydrogens is 607 g/mol.